The van der Waals surface area contributed by atoms with Crippen LogP contribution in [0.1, 0.15) is 5.56 Å². The van der Waals surface area contributed by atoms with Crippen LogP contribution in [0.2, 0.25) is 0 Å². The van der Waals surface area contributed by atoms with Gasteiger partial charge < -0.3 is 30.0 Å². The summed E-state index contributed by atoms with van der Waals surface area (Å²) in [6.45, 7) is 0.852. The fourth-order valence-electron chi connectivity index (χ4n) is 3.49. The number of hydrogen-bond donors (Lipinski definition) is 1. The molecule has 0 aliphatic carbocycles. The van der Waals surface area contributed by atoms with Crippen molar-refractivity contribution in [2.24, 2.45) is 0 Å². The second kappa shape index (κ2) is 14.5. The molecule has 196 valence electrons. The van der Waals surface area contributed by atoms with Crippen molar-refractivity contribution in [3.05, 3.63) is 90.8 Å². The number of rotatable bonds is 7. The molecule has 0 aliphatic heterocycles. The summed E-state index contributed by atoms with van der Waals surface area (Å²) in [7, 11) is 14.1. The smallest absolute Gasteiger partial charge is 0.416 e. The van der Waals surface area contributed by atoms with Gasteiger partial charge in [0, 0.05) is 38.7 Å². The van der Waals surface area contributed by atoms with Crippen LogP contribution in [0.3, 0.4) is 0 Å². The van der Waals surface area contributed by atoms with Crippen LogP contribution in [0.15, 0.2) is 73.1 Å². The van der Waals surface area contributed by atoms with Gasteiger partial charge >= 0.3 is 21.1 Å². The summed E-state index contributed by atoms with van der Waals surface area (Å²) in [4.78, 5) is 15.0. The molecule has 0 fully saturated rings. The molecular weight excluding hydrogens is 639 g/mol. The van der Waals surface area contributed by atoms with Gasteiger partial charge in [0.1, 0.15) is 0 Å². The van der Waals surface area contributed by atoms with Gasteiger partial charge in [0.05, 0.1) is 0 Å². The zero-order valence-corrected chi connectivity index (χ0v) is 25.0. The molecule has 0 saturated heterocycles. The predicted octanol–water partition coefficient (Wildman–Crippen LogP) is 5.01. The minimum absolute atomic E-state index is 0. The van der Waals surface area contributed by atoms with Crippen LogP contribution in [0, 0.1) is 12.1 Å². The molecule has 0 saturated carbocycles. The maximum atomic E-state index is 4.40. The van der Waals surface area contributed by atoms with Gasteiger partial charge in [-0.15, -0.1) is 59.7 Å². The molecule has 37 heavy (non-hydrogen) atoms. The zero-order valence-electron chi connectivity index (χ0n) is 22.7. The Morgan fingerprint density at radius 2 is 1.14 bits per heavy atom. The minimum atomic E-state index is 0. The molecule has 0 bridgehead atoms. The van der Waals surface area contributed by atoms with Crippen LogP contribution in [0.25, 0.3) is 22.5 Å². The third-order valence-electron chi connectivity index (χ3n) is 5.64. The van der Waals surface area contributed by atoms with Crippen LogP contribution < -0.4 is 20.0 Å². The molecule has 4 rings (SSSR count). The normalized spacial score (nSPS) is 10.0. The molecule has 0 amide bonds. The van der Waals surface area contributed by atoms with Crippen LogP contribution in [0.4, 0.5) is 17.1 Å². The van der Waals surface area contributed by atoms with E-state index in [2.05, 4.69) is 78.5 Å². The summed E-state index contributed by atoms with van der Waals surface area (Å²) in [5.74, 6) is 0. The number of aromatic nitrogens is 2. The van der Waals surface area contributed by atoms with Gasteiger partial charge in [0.2, 0.25) is 0 Å². The van der Waals surface area contributed by atoms with E-state index < -0.39 is 0 Å². The molecular formula is C30H36N6Pt. The summed E-state index contributed by atoms with van der Waals surface area (Å²) in [6.07, 6.45) is 3.67. The van der Waals surface area contributed by atoms with E-state index in [1.165, 1.54) is 5.56 Å². The zero-order chi connectivity index (χ0) is 26.1. The molecule has 0 atom stereocenters. The second-order valence-corrected chi connectivity index (χ2v) is 9.08. The predicted molar refractivity (Wildman–Crippen MR) is 153 cm³/mol. The summed E-state index contributed by atoms with van der Waals surface area (Å²) in [5.41, 5.74) is 8.62. The molecule has 4 aromatic rings. The summed E-state index contributed by atoms with van der Waals surface area (Å²) in [6, 6.07) is 27.0. The number of anilines is 3. The Morgan fingerprint density at radius 3 is 1.57 bits per heavy atom. The molecule has 0 unspecified atom stereocenters. The van der Waals surface area contributed by atoms with Gasteiger partial charge in [-0.3, -0.25) is 0 Å². The maximum Gasteiger partial charge on any atom is 2.00 e. The van der Waals surface area contributed by atoms with E-state index in [4.69, 9.17) is 0 Å². The third-order valence-corrected chi connectivity index (χ3v) is 5.64. The van der Waals surface area contributed by atoms with E-state index in [1.807, 2.05) is 86.0 Å². The monoisotopic (exact) mass is 675 g/mol. The van der Waals surface area contributed by atoms with E-state index in [0.29, 0.717) is 0 Å². The molecule has 0 spiro atoms. The van der Waals surface area contributed by atoms with Gasteiger partial charge in [-0.25, -0.2) is 0 Å². The van der Waals surface area contributed by atoms with E-state index in [9.17, 15) is 0 Å². The SMILES string of the molecule is CN(C)c1c[c-]c(-c2cc(N(C)C)ccn2)cc1.CNCc1ccnc(-c2[c-]cc(N(C)C)cc2)c1.[Pt+2]. The fourth-order valence-corrected chi connectivity index (χ4v) is 3.49. The topological polar surface area (TPSA) is 47.5 Å². The van der Waals surface area contributed by atoms with Gasteiger partial charge in [-0.1, -0.05) is 12.1 Å². The first-order chi connectivity index (χ1) is 17.3. The molecule has 6 nitrogen and oxygen atoms in total. The third kappa shape index (κ3) is 8.69. The number of benzene rings is 2. The van der Waals surface area contributed by atoms with E-state index in [1.54, 1.807) is 0 Å². The maximum absolute atomic E-state index is 4.40. The number of hydrogen-bond acceptors (Lipinski definition) is 6. The Kier molecular flexibility index (Phi) is 11.8. The molecule has 2 aromatic carbocycles. The van der Waals surface area contributed by atoms with Crippen molar-refractivity contribution < 1.29 is 21.1 Å². The second-order valence-electron chi connectivity index (χ2n) is 9.08. The Balaban J connectivity index is 0.000000253. The van der Waals surface area contributed by atoms with E-state index >= 15 is 0 Å². The average Bonchev–Trinajstić information content (AvgIpc) is 2.89. The van der Waals surface area contributed by atoms with Gasteiger partial charge in [-0.2, -0.15) is 0 Å². The quantitative estimate of drug-likeness (QED) is 0.278. The van der Waals surface area contributed by atoms with Crippen LogP contribution in [0.5, 0.6) is 0 Å². The Hall–Kier alpha value is -3.21. The summed E-state index contributed by atoms with van der Waals surface area (Å²) in [5, 5.41) is 3.14. The number of nitrogens with one attached hydrogen (secondary N) is 1. The van der Waals surface area contributed by atoms with Crippen molar-refractivity contribution in [1.29, 1.82) is 0 Å². The van der Waals surface area contributed by atoms with Crippen molar-refractivity contribution in [2.45, 2.75) is 6.54 Å². The van der Waals surface area contributed by atoms with Gasteiger partial charge in [0.15, 0.2) is 0 Å². The van der Waals surface area contributed by atoms with Gasteiger partial charge in [0.25, 0.3) is 0 Å². The van der Waals surface area contributed by atoms with Crippen LogP contribution in [-0.2, 0) is 27.6 Å². The molecule has 7 heteroatoms. The van der Waals surface area contributed by atoms with E-state index in [0.717, 1.165) is 46.1 Å². The minimum Gasteiger partial charge on any atom is -0.416 e. The molecule has 1 N–H and O–H groups in total. The van der Waals surface area contributed by atoms with Crippen molar-refractivity contribution in [3.8, 4) is 22.5 Å². The first kappa shape index (κ1) is 30.0. The first-order valence-electron chi connectivity index (χ1n) is 11.9. The van der Waals surface area contributed by atoms with Gasteiger partial charge in [-0.05, 0) is 75.7 Å². The number of nitrogens with zero attached hydrogens (tertiary/aromatic N) is 5. The molecule has 0 radical (unpaired) electrons. The first-order valence-corrected chi connectivity index (χ1v) is 11.9. The van der Waals surface area contributed by atoms with E-state index in [-0.39, 0.29) is 21.1 Å². The largest absolute Gasteiger partial charge is 2.00 e. The van der Waals surface area contributed by atoms with Crippen LogP contribution in [-0.4, -0.2) is 59.3 Å². The molecule has 0 aliphatic rings. The van der Waals surface area contributed by atoms with Crippen molar-refractivity contribution in [2.75, 3.05) is 64.0 Å². The van der Waals surface area contributed by atoms with Crippen LogP contribution >= 0.6 is 0 Å². The summed E-state index contributed by atoms with van der Waals surface area (Å²) >= 11 is 0. The standard InChI is InChI=1S/2C15H18N3.Pt/c1-17(2)13-7-5-12(6-8-13)15-11-14(18(3)4)9-10-16-15;1-16-11-12-8-9-17-15(10-12)13-4-6-14(7-5-13)18(2)3;/h5,7-11H,1-4H3;4,6-10,16H,11H2,1-3H3;/q2*-1;+2. The number of pyridine rings is 2. The Bertz CT molecular complexity index is 1220. The molecule has 2 aromatic heterocycles. The molecule has 2 heterocycles. The average molecular weight is 676 g/mol. The summed E-state index contributed by atoms with van der Waals surface area (Å²) < 4.78 is 0. The van der Waals surface area contributed by atoms with Crippen molar-refractivity contribution in [3.63, 3.8) is 0 Å². The Morgan fingerprint density at radius 1 is 0.649 bits per heavy atom. The van der Waals surface area contributed by atoms with Crippen molar-refractivity contribution >= 4 is 17.1 Å². The fraction of sp³-hybridized carbons (Fsp3) is 0.267. The Labute approximate surface area is 236 Å². The van der Waals surface area contributed by atoms with Crippen molar-refractivity contribution in [1.82, 2.24) is 15.3 Å².